The summed E-state index contributed by atoms with van der Waals surface area (Å²) in [7, 11) is 0. The Morgan fingerprint density at radius 1 is 1.42 bits per heavy atom. The lowest BCUT2D eigenvalue weighted by molar-refractivity contribution is 0.130. The van der Waals surface area contributed by atoms with Crippen LogP contribution in [0.4, 0.5) is 5.82 Å². The smallest absolute Gasteiger partial charge is 0.145 e. The largest absolute Gasteiger partial charge is 0.488 e. The molecule has 3 aromatic heterocycles. The molecular weight excluding hydrogens is 332 g/mol. The molecule has 0 aromatic carbocycles. The van der Waals surface area contributed by atoms with E-state index in [1.54, 1.807) is 18.6 Å². The van der Waals surface area contributed by atoms with Gasteiger partial charge in [0.15, 0.2) is 0 Å². The summed E-state index contributed by atoms with van der Waals surface area (Å²) in [6.07, 6.45) is 7.97. The monoisotopic (exact) mass is 354 g/mol. The van der Waals surface area contributed by atoms with Gasteiger partial charge in [-0.3, -0.25) is 9.38 Å². The lowest BCUT2D eigenvalue weighted by Gasteiger charge is -2.13. The zero-order valence-corrected chi connectivity index (χ0v) is 14.6. The van der Waals surface area contributed by atoms with Crippen LogP contribution in [0, 0.1) is 0 Å². The van der Waals surface area contributed by atoms with Gasteiger partial charge in [0, 0.05) is 24.8 Å². The second-order valence-electron chi connectivity index (χ2n) is 6.47. The molecule has 26 heavy (non-hydrogen) atoms. The number of aliphatic hydroxyl groups is 1. The van der Waals surface area contributed by atoms with Crippen molar-refractivity contribution in [2.75, 3.05) is 25.0 Å². The van der Waals surface area contributed by atoms with Crippen LogP contribution in [0.1, 0.15) is 13.3 Å². The van der Waals surface area contributed by atoms with Gasteiger partial charge in [0.25, 0.3) is 0 Å². The molecule has 1 saturated heterocycles. The number of pyridine rings is 1. The van der Waals surface area contributed by atoms with Crippen LogP contribution >= 0.6 is 0 Å². The van der Waals surface area contributed by atoms with Crippen molar-refractivity contribution in [2.24, 2.45) is 0 Å². The molecule has 4 rings (SSSR count). The van der Waals surface area contributed by atoms with Gasteiger partial charge in [-0.2, -0.15) is 0 Å². The molecule has 3 N–H and O–H groups in total. The second kappa shape index (κ2) is 7.27. The fourth-order valence-corrected chi connectivity index (χ4v) is 3.04. The van der Waals surface area contributed by atoms with E-state index in [9.17, 15) is 0 Å². The number of rotatable bonds is 6. The number of fused-ring (bicyclic) bond motifs is 1. The van der Waals surface area contributed by atoms with E-state index in [2.05, 4.69) is 25.6 Å². The van der Waals surface area contributed by atoms with Gasteiger partial charge < -0.3 is 20.5 Å². The molecule has 0 aliphatic carbocycles. The van der Waals surface area contributed by atoms with E-state index in [1.165, 1.54) is 0 Å². The molecule has 0 spiro atoms. The van der Waals surface area contributed by atoms with E-state index < -0.39 is 0 Å². The highest BCUT2D eigenvalue weighted by molar-refractivity contribution is 5.61. The van der Waals surface area contributed by atoms with E-state index in [-0.39, 0.29) is 12.7 Å². The molecule has 0 amide bonds. The number of aromatic nitrogens is 4. The SMILES string of the molecule is CC(CO)Oc1ccn2c(-c3cncc(N[C@@H]4CCNC4)n3)cnc2c1. The maximum absolute atomic E-state index is 9.12. The zero-order valence-electron chi connectivity index (χ0n) is 14.6. The molecule has 1 aliphatic rings. The number of nitrogens with one attached hydrogen (secondary N) is 2. The van der Waals surface area contributed by atoms with Gasteiger partial charge in [-0.25, -0.2) is 9.97 Å². The molecule has 1 aliphatic heterocycles. The van der Waals surface area contributed by atoms with Crippen molar-refractivity contribution < 1.29 is 9.84 Å². The Bertz CT molecular complexity index is 890. The fourth-order valence-electron chi connectivity index (χ4n) is 3.04. The molecule has 8 heteroatoms. The predicted molar refractivity (Wildman–Crippen MR) is 98.3 cm³/mol. The van der Waals surface area contributed by atoms with Crippen LogP contribution in [0.5, 0.6) is 5.75 Å². The molecule has 3 aromatic rings. The van der Waals surface area contributed by atoms with Gasteiger partial charge in [0.2, 0.25) is 0 Å². The molecule has 0 bridgehead atoms. The van der Waals surface area contributed by atoms with Gasteiger partial charge in [0.05, 0.1) is 30.9 Å². The summed E-state index contributed by atoms with van der Waals surface area (Å²) in [5, 5.41) is 15.9. The number of hydrogen-bond acceptors (Lipinski definition) is 7. The minimum Gasteiger partial charge on any atom is -0.488 e. The van der Waals surface area contributed by atoms with Crippen LogP contribution in [0.15, 0.2) is 36.9 Å². The lowest BCUT2D eigenvalue weighted by Crippen LogP contribution is -2.22. The number of imidazole rings is 1. The normalized spacial score (nSPS) is 18.2. The number of ether oxygens (including phenoxy) is 1. The molecule has 4 heterocycles. The van der Waals surface area contributed by atoms with E-state index in [0.717, 1.165) is 42.4 Å². The van der Waals surface area contributed by atoms with E-state index in [4.69, 9.17) is 9.84 Å². The van der Waals surface area contributed by atoms with Crippen LogP contribution in [0.3, 0.4) is 0 Å². The lowest BCUT2D eigenvalue weighted by atomic mass is 10.2. The van der Waals surface area contributed by atoms with Gasteiger partial charge in [-0.1, -0.05) is 0 Å². The summed E-state index contributed by atoms with van der Waals surface area (Å²) in [5.74, 6) is 1.44. The van der Waals surface area contributed by atoms with Crippen LogP contribution < -0.4 is 15.4 Å². The van der Waals surface area contributed by atoms with E-state index >= 15 is 0 Å². The maximum Gasteiger partial charge on any atom is 0.145 e. The van der Waals surface area contributed by atoms with Gasteiger partial charge in [0.1, 0.15) is 29.0 Å². The van der Waals surface area contributed by atoms with Gasteiger partial charge in [-0.05, 0) is 26.0 Å². The number of hydrogen-bond donors (Lipinski definition) is 3. The summed E-state index contributed by atoms with van der Waals surface area (Å²) in [6.45, 7) is 3.75. The van der Waals surface area contributed by atoms with Crippen molar-refractivity contribution in [1.82, 2.24) is 24.7 Å². The van der Waals surface area contributed by atoms with Crippen LogP contribution in [-0.4, -0.2) is 56.3 Å². The minimum atomic E-state index is -0.259. The first kappa shape index (κ1) is 16.7. The summed E-state index contributed by atoms with van der Waals surface area (Å²) in [4.78, 5) is 13.4. The number of nitrogens with zero attached hydrogens (tertiary/aromatic N) is 4. The van der Waals surface area contributed by atoms with Crippen LogP contribution in [0.25, 0.3) is 17.0 Å². The van der Waals surface area contributed by atoms with Crippen LogP contribution in [0.2, 0.25) is 0 Å². The van der Waals surface area contributed by atoms with E-state index in [0.29, 0.717) is 11.8 Å². The Kier molecular flexibility index (Phi) is 4.68. The summed E-state index contributed by atoms with van der Waals surface area (Å²) in [5.41, 5.74) is 2.37. The molecule has 1 fully saturated rings. The standard InChI is InChI=1S/C18H22N6O2/c1-12(11-25)26-14-3-5-24-16(9-21-18(24)6-14)15-8-20-10-17(23-15)22-13-2-4-19-7-13/h3,5-6,8-10,12-13,19,25H,2,4,7,11H2,1H3,(H,22,23)/t12?,13-/m1/s1. The first-order valence-electron chi connectivity index (χ1n) is 8.77. The third-order valence-corrected chi connectivity index (χ3v) is 4.39. The first-order valence-corrected chi connectivity index (χ1v) is 8.77. The topological polar surface area (TPSA) is 96.6 Å². The number of aliphatic hydroxyl groups excluding tert-OH is 1. The average Bonchev–Trinajstić information content (AvgIpc) is 3.31. The molecule has 136 valence electrons. The molecule has 0 saturated carbocycles. The second-order valence-corrected chi connectivity index (χ2v) is 6.47. The highest BCUT2D eigenvalue weighted by atomic mass is 16.5. The quantitative estimate of drug-likeness (QED) is 0.614. The van der Waals surface area contributed by atoms with Crippen LogP contribution in [-0.2, 0) is 0 Å². The summed E-state index contributed by atoms with van der Waals surface area (Å²) in [6, 6.07) is 4.08. The Labute approximate surface area is 151 Å². The average molecular weight is 354 g/mol. The van der Waals surface area contributed by atoms with Crippen molar-refractivity contribution in [3.05, 3.63) is 36.9 Å². The Morgan fingerprint density at radius 3 is 3.15 bits per heavy atom. The number of anilines is 1. The van der Waals surface area contributed by atoms with Crippen molar-refractivity contribution in [3.63, 3.8) is 0 Å². The third-order valence-electron chi connectivity index (χ3n) is 4.39. The van der Waals surface area contributed by atoms with Crippen molar-refractivity contribution in [3.8, 4) is 17.1 Å². The minimum absolute atomic E-state index is 0.0310. The zero-order chi connectivity index (χ0) is 17.9. The molecule has 2 atom stereocenters. The van der Waals surface area contributed by atoms with E-state index in [1.807, 2.05) is 29.7 Å². The Balaban J connectivity index is 1.60. The molecular formula is C18H22N6O2. The van der Waals surface area contributed by atoms with Crippen molar-refractivity contribution in [1.29, 1.82) is 0 Å². The predicted octanol–water partition coefficient (Wildman–Crippen LogP) is 1.32. The fraction of sp³-hybridized carbons (Fsp3) is 0.389. The Hall–Kier alpha value is -2.71. The summed E-state index contributed by atoms with van der Waals surface area (Å²) < 4.78 is 7.58. The summed E-state index contributed by atoms with van der Waals surface area (Å²) >= 11 is 0. The van der Waals surface area contributed by atoms with Crippen molar-refractivity contribution >= 4 is 11.5 Å². The third kappa shape index (κ3) is 3.47. The Morgan fingerprint density at radius 2 is 2.35 bits per heavy atom. The highest BCUT2D eigenvalue weighted by Gasteiger charge is 2.15. The first-order chi connectivity index (χ1) is 12.7. The molecule has 8 nitrogen and oxygen atoms in total. The molecule has 1 unspecified atom stereocenters. The van der Waals surface area contributed by atoms with Gasteiger partial charge in [-0.15, -0.1) is 0 Å². The molecule has 0 radical (unpaired) electrons. The maximum atomic E-state index is 9.12. The highest BCUT2D eigenvalue weighted by Crippen LogP contribution is 2.23. The van der Waals surface area contributed by atoms with Crippen molar-refractivity contribution in [2.45, 2.75) is 25.5 Å². The van der Waals surface area contributed by atoms with Gasteiger partial charge >= 0.3 is 0 Å².